The molecule has 7 nitrogen and oxygen atoms in total. The van der Waals surface area contributed by atoms with E-state index in [4.69, 9.17) is 4.74 Å². The normalized spacial score (nSPS) is 12.3. The summed E-state index contributed by atoms with van der Waals surface area (Å²) in [5.74, 6) is -0.676. The van der Waals surface area contributed by atoms with E-state index >= 15 is 0 Å². The molecule has 0 aliphatic carbocycles. The Balaban J connectivity index is 0.0000151. The number of nitrogens with one attached hydrogen (secondary N) is 1. The SMILES string of the molecule is CCCCCCCCCCCCCCCCCCN(C)S(=O)(=O)c1ccc(OC(C(=O)Nc2ccc(CCCCCCCC)cc2)C(=O)C(C)(C)C)cc1.[KH]. The molecule has 9 heteroatoms. The second kappa shape index (κ2) is 30.0. The van der Waals surface area contributed by atoms with E-state index in [1.54, 1.807) is 27.8 Å². The molecule has 0 saturated carbocycles. The van der Waals surface area contributed by atoms with Crippen LogP contribution in [0.1, 0.15) is 181 Å². The van der Waals surface area contributed by atoms with Gasteiger partial charge in [0.1, 0.15) is 5.75 Å². The van der Waals surface area contributed by atoms with Gasteiger partial charge < -0.3 is 10.1 Å². The average Bonchev–Trinajstić information content (AvgIpc) is 3.15. The van der Waals surface area contributed by atoms with Crippen molar-refractivity contribution < 1.29 is 22.7 Å². The molecule has 0 spiro atoms. The minimum absolute atomic E-state index is 0. The van der Waals surface area contributed by atoms with Crippen LogP contribution in [-0.2, 0) is 26.0 Å². The molecule has 0 aliphatic rings. The van der Waals surface area contributed by atoms with Crippen LogP contribution in [0.3, 0.4) is 0 Å². The monoisotopic (exact) mass is 809 g/mol. The first-order valence-electron chi connectivity index (χ1n) is 21.6. The minimum atomic E-state index is -3.69. The number of ketones is 1. The summed E-state index contributed by atoms with van der Waals surface area (Å²) in [5.41, 5.74) is 0.977. The molecule has 308 valence electrons. The van der Waals surface area contributed by atoms with Crippen molar-refractivity contribution in [1.29, 1.82) is 0 Å². The molecule has 1 atom stereocenters. The Morgan fingerprint density at radius 3 is 1.49 bits per heavy atom. The van der Waals surface area contributed by atoms with Crippen LogP contribution in [-0.4, -0.2) is 95.5 Å². The van der Waals surface area contributed by atoms with Crippen LogP contribution < -0.4 is 10.1 Å². The van der Waals surface area contributed by atoms with Crippen LogP contribution in [0.15, 0.2) is 53.4 Å². The Kier molecular flexibility index (Phi) is 28.4. The van der Waals surface area contributed by atoms with Gasteiger partial charge in [-0.2, -0.15) is 0 Å². The molecule has 0 saturated heterocycles. The number of unbranched alkanes of at least 4 members (excludes halogenated alkanes) is 20. The Morgan fingerprint density at radius 1 is 0.636 bits per heavy atom. The Labute approximate surface area is 379 Å². The van der Waals surface area contributed by atoms with Crippen LogP contribution in [0.4, 0.5) is 5.69 Å². The fourth-order valence-electron chi connectivity index (χ4n) is 6.70. The number of amides is 1. The quantitative estimate of drug-likeness (QED) is 0.0465. The molecular formula is C46H77KN2O5S. The maximum atomic E-state index is 13.4. The summed E-state index contributed by atoms with van der Waals surface area (Å²) in [6.45, 7) is 10.2. The summed E-state index contributed by atoms with van der Waals surface area (Å²) in [6, 6.07) is 13.7. The summed E-state index contributed by atoms with van der Waals surface area (Å²) in [7, 11) is -2.07. The predicted octanol–water partition coefficient (Wildman–Crippen LogP) is 11.8. The number of benzene rings is 2. The van der Waals surface area contributed by atoms with E-state index in [9.17, 15) is 18.0 Å². The van der Waals surface area contributed by atoms with Gasteiger partial charge in [-0.3, -0.25) is 9.59 Å². The van der Waals surface area contributed by atoms with E-state index in [2.05, 4.69) is 19.2 Å². The second-order valence-corrected chi connectivity index (χ2v) is 18.5. The first-order chi connectivity index (χ1) is 25.9. The van der Waals surface area contributed by atoms with Crippen molar-refractivity contribution >= 4 is 78.8 Å². The van der Waals surface area contributed by atoms with Crippen molar-refractivity contribution in [3.05, 3.63) is 54.1 Å². The first-order valence-corrected chi connectivity index (χ1v) is 23.0. The zero-order valence-corrected chi connectivity index (χ0v) is 35.9. The predicted molar refractivity (Wildman–Crippen MR) is 234 cm³/mol. The number of ether oxygens (including phenoxy) is 1. The van der Waals surface area contributed by atoms with Crippen LogP contribution in [0.5, 0.6) is 5.75 Å². The van der Waals surface area contributed by atoms with E-state index in [-0.39, 0.29) is 67.8 Å². The Hall–Kier alpha value is -1.07. The van der Waals surface area contributed by atoms with Crippen molar-refractivity contribution in [2.45, 2.75) is 193 Å². The number of sulfonamides is 1. The summed E-state index contributed by atoms with van der Waals surface area (Å²) in [5, 5.41) is 2.85. The van der Waals surface area contributed by atoms with Crippen molar-refractivity contribution in [3.63, 3.8) is 0 Å². The van der Waals surface area contributed by atoms with Gasteiger partial charge in [-0.25, -0.2) is 12.7 Å². The molecule has 2 aromatic carbocycles. The van der Waals surface area contributed by atoms with Crippen LogP contribution in [0.25, 0.3) is 0 Å². The van der Waals surface area contributed by atoms with Gasteiger partial charge in [0.25, 0.3) is 5.91 Å². The van der Waals surface area contributed by atoms with Gasteiger partial charge in [0, 0.05) is 24.7 Å². The van der Waals surface area contributed by atoms with E-state index in [0.717, 1.165) is 32.1 Å². The van der Waals surface area contributed by atoms with Crippen molar-refractivity contribution in [3.8, 4) is 5.75 Å². The summed E-state index contributed by atoms with van der Waals surface area (Å²) >= 11 is 0. The van der Waals surface area contributed by atoms with Gasteiger partial charge in [0.15, 0.2) is 5.78 Å². The Morgan fingerprint density at radius 2 is 1.05 bits per heavy atom. The van der Waals surface area contributed by atoms with Gasteiger partial charge in [0.05, 0.1) is 4.90 Å². The molecule has 1 unspecified atom stereocenters. The average molecular weight is 809 g/mol. The van der Waals surface area contributed by atoms with Crippen molar-refractivity contribution in [2.24, 2.45) is 5.41 Å². The summed E-state index contributed by atoms with van der Waals surface area (Å²) < 4.78 is 34.0. The third-order valence-electron chi connectivity index (χ3n) is 10.4. The number of anilines is 1. The summed E-state index contributed by atoms with van der Waals surface area (Å²) in [4.78, 5) is 27.0. The van der Waals surface area contributed by atoms with E-state index in [1.807, 2.05) is 24.3 Å². The topological polar surface area (TPSA) is 92.8 Å². The molecule has 55 heavy (non-hydrogen) atoms. The number of rotatable bonds is 31. The van der Waals surface area contributed by atoms with Crippen LogP contribution in [0, 0.1) is 5.41 Å². The standard InChI is InChI=1S/C46H76N2O5S.K.H/c1-7-9-11-13-15-16-17-18-19-20-21-22-23-24-26-28-38-48(6)54(51,52)42-36-34-41(35-37-42)53-43(44(49)46(3,4)5)45(50)47-40-32-30-39(31-33-40)29-27-25-14-12-10-8-2;;/h30-37,43H,7-29,38H2,1-6H3,(H,47,50);;. The van der Waals surface area contributed by atoms with Gasteiger partial charge >= 0.3 is 51.4 Å². The van der Waals surface area contributed by atoms with Crippen molar-refractivity contribution in [1.82, 2.24) is 4.31 Å². The molecule has 0 bridgehead atoms. The maximum absolute atomic E-state index is 13.4. The molecule has 0 fully saturated rings. The molecule has 1 N–H and O–H groups in total. The second-order valence-electron chi connectivity index (χ2n) is 16.4. The Bertz CT molecular complexity index is 1410. The number of carbonyl (C=O) groups excluding carboxylic acids is 2. The van der Waals surface area contributed by atoms with Crippen molar-refractivity contribution in [2.75, 3.05) is 18.9 Å². The molecule has 2 aromatic rings. The third kappa shape index (κ3) is 22.0. The number of carbonyl (C=O) groups is 2. The van der Waals surface area contributed by atoms with E-state index in [0.29, 0.717) is 12.2 Å². The number of nitrogens with zero attached hydrogens (tertiary/aromatic N) is 1. The third-order valence-corrected chi connectivity index (χ3v) is 12.2. The van der Waals surface area contributed by atoms with Gasteiger partial charge in [-0.1, -0.05) is 175 Å². The number of hydrogen-bond donors (Lipinski definition) is 1. The molecule has 1 amide bonds. The van der Waals surface area contributed by atoms with Gasteiger partial charge in [0.2, 0.25) is 16.1 Å². The van der Waals surface area contributed by atoms with E-state index < -0.39 is 27.4 Å². The fraction of sp³-hybridized carbons (Fsp3) is 0.696. The number of hydrogen-bond acceptors (Lipinski definition) is 5. The molecule has 0 aliphatic heterocycles. The zero-order chi connectivity index (χ0) is 39.7. The fourth-order valence-corrected chi connectivity index (χ4v) is 7.91. The number of Topliss-reactive ketones (excluding diaryl/α,β-unsaturated/α-hetero) is 1. The number of aryl methyl sites for hydroxylation is 1. The zero-order valence-electron chi connectivity index (χ0n) is 35.1. The molecule has 0 heterocycles. The molecule has 2 rings (SSSR count). The molecule has 0 radical (unpaired) electrons. The summed E-state index contributed by atoms with van der Waals surface area (Å²) in [6.07, 6.45) is 27.5. The van der Waals surface area contributed by atoms with Gasteiger partial charge in [-0.15, -0.1) is 0 Å². The van der Waals surface area contributed by atoms with Gasteiger partial charge in [-0.05, 0) is 61.2 Å². The molecular weight excluding hydrogens is 732 g/mol. The van der Waals surface area contributed by atoms with Crippen LogP contribution in [0.2, 0.25) is 0 Å². The molecule has 0 aromatic heterocycles. The van der Waals surface area contributed by atoms with Crippen LogP contribution >= 0.6 is 0 Å². The van der Waals surface area contributed by atoms with E-state index in [1.165, 1.54) is 150 Å². The first kappa shape index (κ1) is 51.9.